The fourth-order valence-electron chi connectivity index (χ4n) is 2.32. The van der Waals surface area contributed by atoms with Crippen molar-refractivity contribution >= 4 is 23.2 Å². The van der Waals surface area contributed by atoms with Crippen molar-refractivity contribution in [3.8, 4) is 17.2 Å². The Morgan fingerprint density at radius 1 is 1.20 bits per heavy atom. The van der Waals surface area contributed by atoms with Gasteiger partial charge in [-0.1, -0.05) is 17.7 Å². The van der Waals surface area contributed by atoms with E-state index in [1.54, 1.807) is 6.07 Å². The lowest BCUT2D eigenvalue weighted by atomic mass is 10.1. The molecule has 0 radical (unpaired) electrons. The summed E-state index contributed by atoms with van der Waals surface area (Å²) in [6.45, 7) is -2.00. The van der Waals surface area contributed by atoms with E-state index in [0.717, 1.165) is 0 Å². The van der Waals surface area contributed by atoms with E-state index in [1.165, 1.54) is 30.3 Å². The van der Waals surface area contributed by atoms with Crippen molar-refractivity contribution in [2.24, 2.45) is 0 Å². The fraction of sp³-hybridized carbons (Fsp3) is 0.235. The second-order valence-corrected chi connectivity index (χ2v) is 5.60. The molecule has 0 saturated carbocycles. The van der Waals surface area contributed by atoms with Crippen molar-refractivity contribution < 1.29 is 27.8 Å². The minimum absolute atomic E-state index is 0.0514. The van der Waals surface area contributed by atoms with E-state index >= 15 is 0 Å². The maximum absolute atomic E-state index is 12.4. The molecule has 2 aromatic rings. The van der Waals surface area contributed by atoms with Crippen LogP contribution in [0.2, 0.25) is 5.02 Å². The van der Waals surface area contributed by atoms with Gasteiger partial charge in [0.2, 0.25) is 0 Å². The van der Waals surface area contributed by atoms with Gasteiger partial charge in [0.15, 0.2) is 11.5 Å². The molecule has 1 aliphatic heterocycles. The third-order valence-electron chi connectivity index (χ3n) is 3.38. The zero-order valence-corrected chi connectivity index (χ0v) is 13.7. The molecule has 0 aromatic heterocycles. The maximum Gasteiger partial charge on any atom is 0.387 e. The Kier molecular flexibility index (Phi) is 5.23. The number of carbonyl (C=O) groups excluding carboxylic acids is 1. The van der Waals surface area contributed by atoms with Crippen LogP contribution in [-0.4, -0.2) is 25.7 Å². The van der Waals surface area contributed by atoms with Crippen molar-refractivity contribution in [1.82, 2.24) is 0 Å². The molecule has 2 aromatic carbocycles. The molecule has 3 rings (SSSR count). The lowest BCUT2D eigenvalue weighted by Crippen LogP contribution is -2.12. The number of nitrogens with one attached hydrogen (secondary N) is 1. The molecule has 0 aliphatic carbocycles. The number of amides is 1. The fourth-order valence-corrected chi connectivity index (χ4v) is 2.58. The Balaban J connectivity index is 1.80. The highest BCUT2D eigenvalue weighted by Gasteiger charge is 2.18. The van der Waals surface area contributed by atoms with Gasteiger partial charge in [-0.3, -0.25) is 4.79 Å². The maximum atomic E-state index is 12.4. The number of fused-ring (bicyclic) bond motifs is 1. The van der Waals surface area contributed by atoms with Crippen molar-refractivity contribution in [2.75, 3.05) is 18.5 Å². The Morgan fingerprint density at radius 3 is 2.80 bits per heavy atom. The summed E-state index contributed by atoms with van der Waals surface area (Å²) in [5.74, 6) is 0.282. The van der Waals surface area contributed by atoms with Crippen molar-refractivity contribution in [3.63, 3.8) is 0 Å². The number of benzene rings is 2. The van der Waals surface area contributed by atoms with Gasteiger partial charge in [0.1, 0.15) is 5.75 Å². The normalized spacial score (nSPS) is 13.3. The quantitative estimate of drug-likeness (QED) is 0.870. The highest BCUT2D eigenvalue weighted by atomic mass is 35.5. The lowest BCUT2D eigenvalue weighted by Gasteiger charge is -2.12. The van der Waals surface area contributed by atoms with Crippen LogP contribution < -0.4 is 19.5 Å². The zero-order chi connectivity index (χ0) is 17.8. The first kappa shape index (κ1) is 17.3. The standard InChI is InChI=1S/C17H14ClF2NO4/c18-13-7-10(8-14-15(13)24-6-2-5-23-14)16(22)21-11-3-1-4-12(9-11)25-17(19)20/h1,3-4,7-9,17H,2,5-6H2,(H,21,22). The third-order valence-corrected chi connectivity index (χ3v) is 3.66. The van der Waals surface area contributed by atoms with Crippen LogP contribution in [0, 0.1) is 0 Å². The Morgan fingerprint density at radius 2 is 2.00 bits per heavy atom. The van der Waals surface area contributed by atoms with E-state index in [4.69, 9.17) is 21.1 Å². The molecule has 0 atom stereocenters. The van der Waals surface area contributed by atoms with Crippen LogP contribution in [0.25, 0.3) is 0 Å². The van der Waals surface area contributed by atoms with Crippen LogP contribution in [0.3, 0.4) is 0 Å². The molecule has 1 N–H and O–H groups in total. The van der Waals surface area contributed by atoms with Crippen LogP contribution in [0.4, 0.5) is 14.5 Å². The molecule has 1 amide bonds. The molecular weight excluding hydrogens is 356 g/mol. The van der Waals surface area contributed by atoms with Gasteiger partial charge in [-0.05, 0) is 24.3 Å². The monoisotopic (exact) mass is 369 g/mol. The SMILES string of the molecule is O=C(Nc1cccc(OC(F)F)c1)c1cc(Cl)c2c(c1)OCCCO2. The number of alkyl halides is 2. The summed E-state index contributed by atoms with van der Waals surface area (Å²) >= 11 is 6.16. The van der Waals surface area contributed by atoms with Gasteiger partial charge in [0.05, 0.1) is 18.2 Å². The number of ether oxygens (including phenoxy) is 3. The Bertz CT molecular complexity index is 785. The number of halogens is 3. The van der Waals surface area contributed by atoms with Gasteiger partial charge >= 0.3 is 6.61 Å². The van der Waals surface area contributed by atoms with Crippen LogP contribution in [0.1, 0.15) is 16.8 Å². The van der Waals surface area contributed by atoms with E-state index in [-0.39, 0.29) is 16.3 Å². The average molecular weight is 370 g/mol. The van der Waals surface area contributed by atoms with Crippen LogP contribution >= 0.6 is 11.6 Å². The summed E-state index contributed by atoms with van der Waals surface area (Å²) in [4.78, 5) is 12.4. The van der Waals surface area contributed by atoms with E-state index in [0.29, 0.717) is 36.8 Å². The molecule has 1 aliphatic rings. The summed E-state index contributed by atoms with van der Waals surface area (Å²) < 4.78 is 39.9. The van der Waals surface area contributed by atoms with Gasteiger partial charge in [-0.15, -0.1) is 0 Å². The summed E-state index contributed by atoms with van der Waals surface area (Å²) in [6.07, 6.45) is 0.712. The number of rotatable bonds is 4. The van der Waals surface area contributed by atoms with Crippen molar-refractivity contribution in [2.45, 2.75) is 13.0 Å². The number of hydrogen-bond donors (Lipinski definition) is 1. The summed E-state index contributed by atoms with van der Waals surface area (Å²) in [5.41, 5.74) is 0.570. The molecule has 0 bridgehead atoms. The van der Waals surface area contributed by atoms with Crippen molar-refractivity contribution in [1.29, 1.82) is 0 Å². The van der Waals surface area contributed by atoms with Gasteiger partial charge in [-0.2, -0.15) is 8.78 Å². The summed E-state index contributed by atoms with van der Waals surface area (Å²) in [7, 11) is 0. The summed E-state index contributed by atoms with van der Waals surface area (Å²) in [6, 6.07) is 8.71. The van der Waals surface area contributed by atoms with Gasteiger partial charge in [0, 0.05) is 23.7 Å². The molecule has 25 heavy (non-hydrogen) atoms. The van der Waals surface area contributed by atoms with Gasteiger partial charge < -0.3 is 19.5 Å². The van der Waals surface area contributed by atoms with Crippen molar-refractivity contribution in [3.05, 3.63) is 47.0 Å². The minimum Gasteiger partial charge on any atom is -0.489 e. The first-order valence-electron chi connectivity index (χ1n) is 7.48. The Hall–Kier alpha value is -2.54. The molecule has 1 heterocycles. The number of carbonyl (C=O) groups is 1. The zero-order valence-electron chi connectivity index (χ0n) is 12.9. The molecule has 0 saturated heterocycles. The highest BCUT2D eigenvalue weighted by molar-refractivity contribution is 6.32. The second kappa shape index (κ2) is 7.57. The van der Waals surface area contributed by atoms with Gasteiger partial charge in [0.25, 0.3) is 5.91 Å². The third kappa shape index (κ3) is 4.30. The molecule has 0 fully saturated rings. The first-order chi connectivity index (χ1) is 12.0. The first-order valence-corrected chi connectivity index (χ1v) is 7.86. The Labute approximate surface area is 147 Å². The predicted molar refractivity (Wildman–Crippen MR) is 88.1 cm³/mol. The van der Waals surface area contributed by atoms with Crippen LogP contribution in [-0.2, 0) is 0 Å². The van der Waals surface area contributed by atoms with Gasteiger partial charge in [-0.25, -0.2) is 0 Å². The van der Waals surface area contributed by atoms with E-state index in [9.17, 15) is 13.6 Å². The average Bonchev–Trinajstić information content (AvgIpc) is 2.80. The molecular formula is C17H14ClF2NO4. The molecule has 0 unspecified atom stereocenters. The number of anilines is 1. The number of hydrogen-bond acceptors (Lipinski definition) is 4. The minimum atomic E-state index is -2.94. The largest absolute Gasteiger partial charge is 0.489 e. The van der Waals surface area contributed by atoms with E-state index < -0.39 is 12.5 Å². The molecule has 5 nitrogen and oxygen atoms in total. The van der Waals surface area contributed by atoms with E-state index in [2.05, 4.69) is 10.1 Å². The summed E-state index contributed by atoms with van der Waals surface area (Å²) in [5, 5.41) is 2.87. The highest BCUT2D eigenvalue weighted by Crippen LogP contribution is 2.38. The predicted octanol–water partition coefficient (Wildman–Crippen LogP) is 4.36. The second-order valence-electron chi connectivity index (χ2n) is 5.20. The molecule has 0 spiro atoms. The van der Waals surface area contributed by atoms with Crippen LogP contribution in [0.15, 0.2) is 36.4 Å². The molecule has 132 valence electrons. The van der Waals surface area contributed by atoms with E-state index in [1.807, 2.05) is 0 Å². The van der Waals surface area contributed by atoms with Crippen LogP contribution in [0.5, 0.6) is 17.2 Å². The smallest absolute Gasteiger partial charge is 0.387 e. The topological polar surface area (TPSA) is 56.8 Å². The molecule has 8 heteroatoms. The lowest BCUT2D eigenvalue weighted by molar-refractivity contribution is -0.0497.